The first-order valence-corrected chi connectivity index (χ1v) is 5.97. The fraction of sp³-hybridized carbons (Fsp3) is 0.308. The number of H-pyrrole nitrogens is 1. The Morgan fingerprint density at radius 2 is 2.24 bits per heavy atom. The van der Waals surface area contributed by atoms with Gasteiger partial charge in [-0.25, -0.2) is 0 Å². The van der Waals surface area contributed by atoms with E-state index < -0.39 is 0 Å². The predicted molar refractivity (Wildman–Crippen MR) is 70.4 cm³/mol. The van der Waals surface area contributed by atoms with Crippen LogP contribution in [0.1, 0.15) is 18.2 Å². The molecule has 90 valence electrons. The van der Waals surface area contributed by atoms with E-state index in [1.165, 1.54) is 12.5 Å². The molecule has 1 aromatic heterocycles. The van der Waals surface area contributed by atoms with Crippen LogP contribution < -0.4 is 5.32 Å². The fourth-order valence-electron chi connectivity index (χ4n) is 2.05. The number of aromatic amines is 1. The van der Waals surface area contributed by atoms with Crippen LogP contribution in [0, 0.1) is 6.92 Å². The summed E-state index contributed by atoms with van der Waals surface area (Å²) >= 11 is 6.13. The van der Waals surface area contributed by atoms with Crippen molar-refractivity contribution < 1.29 is 4.79 Å². The Morgan fingerprint density at radius 1 is 1.47 bits per heavy atom. The molecule has 2 aromatic rings. The van der Waals surface area contributed by atoms with Gasteiger partial charge in [-0.2, -0.15) is 0 Å². The number of aromatic nitrogens is 1. The molecule has 0 bridgehead atoms. The Morgan fingerprint density at radius 3 is 2.94 bits per heavy atom. The number of aryl methyl sites for hydroxylation is 1. The lowest BCUT2D eigenvalue weighted by atomic mass is 10.1. The van der Waals surface area contributed by atoms with Crippen molar-refractivity contribution in [3.05, 3.63) is 34.5 Å². The molecule has 1 heterocycles. The number of carbonyl (C=O) groups excluding carboxylic acids is 1. The van der Waals surface area contributed by atoms with Gasteiger partial charge in [0.15, 0.2) is 0 Å². The van der Waals surface area contributed by atoms with Crippen LogP contribution in [0.2, 0.25) is 5.02 Å². The van der Waals surface area contributed by atoms with Gasteiger partial charge in [0.2, 0.25) is 5.91 Å². The molecule has 1 amide bonds. The van der Waals surface area contributed by atoms with Crippen LogP contribution in [-0.4, -0.2) is 17.4 Å². The summed E-state index contributed by atoms with van der Waals surface area (Å²) in [6, 6.07) is 5.87. The standard InChI is InChI=1S/C13H15ClN2O/c1-8-10(6-7-15-9(2)17)11-4-3-5-12(14)13(11)16-8/h3-5,16H,6-7H2,1-2H3,(H,15,17). The minimum absolute atomic E-state index is 0.000488. The lowest BCUT2D eigenvalue weighted by Gasteiger charge is -2.02. The van der Waals surface area contributed by atoms with Crippen molar-refractivity contribution in [1.82, 2.24) is 10.3 Å². The summed E-state index contributed by atoms with van der Waals surface area (Å²) in [7, 11) is 0. The summed E-state index contributed by atoms with van der Waals surface area (Å²) in [5.41, 5.74) is 3.30. The first-order valence-electron chi connectivity index (χ1n) is 5.59. The largest absolute Gasteiger partial charge is 0.357 e. The molecule has 4 heteroatoms. The van der Waals surface area contributed by atoms with Crippen molar-refractivity contribution in [3.8, 4) is 0 Å². The maximum absolute atomic E-state index is 10.8. The van der Waals surface area contributed by atoms with Crippen molar-refractivity contribution in [2.24, 2.45) is 0 Å². The molecule has 2 rings (SSSR count). The van der Waals surface area contributed by atoms with E-state index in [0.717, 1.165) is 28.0 Å². The number of fused-ring (bicyclic) bond motifs is 1. The molecule has 0 radical (unpaired) electrons. The van der Waals surface area contributed by atoms with Crippen LogP contribution in [0.4, 0.5) is 0 Å². The van der Waals surface area contributed by atoms with E-state index in [1.807, 2.05) is 25.1 Å². The Kier molecular flexibility index (Phi) is 3.38. The molecule has 17 heavy (non-hydrogen) atoms. The number of hydrogen-bond donors (Lipinski definition) is 2. The van der Waals surface area contributed by atoms with Crippen LogP contribution in [-0.2, 0) is 11.2 Å². The second-order valence-corrected chi connectivity index (χ2v) is 4.53. The van der Waals surface area contributed by atoms with Crippen molar-refractivity contribution in [2.75, 3.05) is 6.54 Å². The van der Waals surface area contributed by atoms with E-state index in [2.05, 4.69) is 10.3 Å². The van der Waals surface area contributed by atoms with Crippen LogP contribution in [0.15, 0.2) is 18.2 Å². The van der Waals surface area contributed by atoms with E-state index in [1.54, 1.807) is 0 Å². The van der Waals surface area contributed by atoms with Gasteiger partial charge in [0, 0.05) is 24.5 Å². The zero-order valence-corrected chi connectivity index (χ0v) is 10.7. The van der Waals surface area contributed by atoms with E-state index in [9.17, 15) is 4.79 Å². The van der Waals surface area contributed by atoms with Gasteiger partial charge in [-0.3, -0.25) is 4.79 Å². The van der Waals surface area contributed by atoms with Gasteiger partial charge in [-0.15, -0.1) is 0 Å². The summed E-state index contributed by atoms with van der Waals surface area (Å²) in [5.74, 6) is 0.000488. The maximum atomic E-state index is 10.8. The second kappa shape index (κ2) is 4.80. The molecule has 0 aliphatic heterocycles. The maximum Gasteiger partial charge on any atom is 0.216 e. The fourth-order valence-corrected chi connectivity index (χ4v) is 2.28. The zero-order valence-electron chi connectivity index (χ0n) is 9.93. The molecule has 3 nitrogen and oxygen atoms in total. The average Bonchev–Trinajstić information content (AvgIpc) is 2.57. The van der Waals surface area contributed by atoms with E-state index in [0.29, 0.717) is 6.54 Å². The summed E-state index contributed by atoms with van der Waals surface area (Å²) in [4.78, 5) is 14.1. The molecule has 0 atom stereocenters. The molecule has 0 unspecified atom stereocenters. The molecular formula is C13H15ClN2O. The smallest absolute Gasteiger partial charge is 0.216 e. The highest BCUT2D eigenvalue weighted by Gasteiger charge is 2.09. The third-order valence-corrected chi connectivity index (χ3v) is 3.17. The summed E-state index contributed by atoms with van der Waals surface area (Å²) in [6.45, 7) is 4.20. The van der Waals surface area contributed by atoms with Gasteiger partial charge >= 0.3 is 0 Å². The van der Waals surface area contributed by atoms with Crippen LogP contribution in [0.25, 0.3) is 10.9 Å². The van der Waals surface area contributed by atoms with Gasteiger partial charge in [0.1, 0.15) is 0 Å². The number of halogens is 1. The highest BCUT2D eigenvalue weighted by Crippen LogP contribution is 2.27. The normalized spacial score (nSPS) is 10.8. The third-order valence-electron chi connectivity index (χ3n) is 2.85. The van der Waals surface area contributed by atoms with E-state index in [-0.39, 0.29) is 5.91 Å². The van der Waals surface area contributed by atoms with Crippen molar-refractivity contribution in [2.45, 2.75) is 20.3 Å². The Bertz CT molecular complexity index is 560. The molecular weight excluding hydrogens is 236 g/mol. The number of amides is 1. The number of benzene rings is 1. The minimum Gasteiger partial charge on any atom is -0.357 e. The van der Waals surface area contributed by atoms with Crippen LogP contribution in [0.3, 0.4) is 0 Å². The lowest BCUT2D eigenvalue weighted by Crippen LogP contribution is -2.22. The van der Waals surface area contributed by atoms with Gasteiger partial charge in [-0.05, 0) is 25.0 Å². The Balaban J connectivity index is 2.30. The monoisotopic (exact) mass is 250 g/mol. The van der Waals surface area contributed by atoms with Crippen molar-refractivity contribution >= 4 is 28.4 Å². The molecule has 0 fully saturated rings. The number of rotatable bonds is 3. The molecule has 0 aliphatic carbocycles. The molecule has 0 aliphatic rings. The first-order chi connectivity index (χ1) is 8.09. The van der Waals surface area contributed by atoms with Gasteiger partial charge < -0.3 is 10.3 Å². The first kappa shape index (κ1) is 12.0. The molecule has 0 saturated heterocycles. The zero-order chi connectivity index (χ0) is 12.4. The molecule has 0 saturated carbocycles. The molecule has 1 aromatic carbocycles. The summed E-state index contributed by atoms with van der Waals surface area (Å²) in [6.07, 6.45) is 0.811. The predicted octanol–water partition coefficient (Wildman–Crippen LogP) is 2.81. The highest BCUT2D eigenvalue weighted by atomic mass is 35.5. The Hall–Kier alpha value is -1.48. The summed E-state index contributed by atoms with van der Waals surface area (Å²) in [5, 5.41) is 4.68. The Labute approximate surface area is 105 Å². The van der Waals surface area contributed by atoms with Crippen LogP contribution in [0.5, 0.6) is 0 Å². The lowest BCUT2D eigenvalue weighted by molar-refractivity contribution is -0.118. The SMILES string of the molecule is CC(=O)NCCc1c(C)[nH]c2c(Cl)cccc12. The highest BCUT2D eigenvalue weighted by molar-refractivity contribution is 6.35. The number of nitrogens with one attached hydrogen (secondary N) is 2. The van der Waals surface area contributed by atoms with Crippen LogP contribution >= 0.6 is 11.6 Å². The van der Waals surface area contributed by atoms with Gasteiger partial charge in [0.05, 0.1) is 10.5 Å². The number of carbonyl (C=O) groups is 1. The average molecular weight is 251 g/mol. The van der Waals surface area contributed by atoms with Gasteiger partial charge in [-0.1, -0.05) is 23.7 Å². The van der Waals surface area contributed by atoms with E-state index in [4.69, 9.17) is 11.6 Å². The summed E-state index contributed by atoms with van der Waals surface area (Å²) < 4.78 is 0. The van der Waals surface area contributed by atoms with E-state index >= 15 is 0 Å². The quantitative estimate of drug-likeness (QED) is 0.865. The van der Waals surface area contributed by atoms with Gasteiger partial charge in [0.25, 0.3) is 0 Å². The number of hydrogen-bond acceptors (Lipinski definition) is 1. The van der Waals surface area contributed by atoms with Crippen molar-refractivity contribution in [3.63, 3.8) is 0 Å². The minimum atomic E-state index is 0.000488. The number of para-hydroxylation sites is 1. The molecule has 0 spiro atoms. The third kappa shape index (κ3) is 2.44. The topological polar surface area (TPSA) is 44.9 Å². The second-order valence-electron chi connectivity index (χ2n) is 4.12. The van der Waals surface area contributed by atoms with Crippen molar-refractivity contribution in [1.29, 1.82) is 0 Å². The molecule has 2 N–H and O–H groups in total.